The Kier molecular flexibility index (Phi) is 3.40. The molecule has 0 amide bonds. The Balaban J connectivity index is 1.94. The lowest BCUT2D eigenvalue weighted by atomic mass is 9.98. The molecule has 2 atom stereocenters. The Labute approximate surface area is 116 Å². The molecule has 3 rings (SSSR count). The van der Waals surface area contributed by atoms with E-state index >= 15 is 0 Å². The van der Waals surface area contributed by atoms with Crippen molar-refractivity contribution in [3.8, 4) is 17.2 Å². The predicted molar refractivity (Wildman–Crippen MR) is 70.5 cm³/mol. The molecule has 108 valence electrons. The van der Waals surface area contributed by atoms with Crippen LogP contribution in [0.1, 0.15) is 18.0 Å². The standard InChI is InChI=1S/C14H17NO5/c1-18-9-5-10(11-4-8(7-15-11)14(16)17)13-12(6-9)19-2-3-20-13/h5-6,8,11,15H,2-4,7H2,1H3,(H,16,17). The van der Waals surface area contributed by atoms with Gasteiger partial charge in [-0.15, -0.1) is 0 Å². The first-order valence-electron chi connectivity index (χ1n) is 6.62. The molecule has 1 saturated heterocycles. The second-order valence-electron chi connectivity index (χ2n) is 4.97. The van der Waals surface area contributed by atoms with Gasteiger partial charge in [0.1, 0.15) is 19.0 Å². The molecule has 2 N–H and O–H groups in total. The minimum absolute atomic E-state index is 0.0540. The van der Waals surface area contributed by atoms with Gasteiger partial charge in [-0.1, -0.05) is 0 Å². The largest absolute Gasteiger partial charge is 0.497 e. The number of fused-ring (bicyclic) bond motifs is 1. The van der Waals surface area contributed by atoms with E-state index in [4.69, 9.17) is 19.3 Å². The molecular weight excluding hydrogens is 262 g/mol. The summed E-state index contributed by atoms with van der Waals surface area (Å²) in [4.78, 5) is 11.1. The van der Waals surface area contributed by atoms with Gasteiger partial charge >= 0.3 is 5.97 Å². The number of aliphatic carboxylic acids is 1. The number of carbonyl (C=O) groups is 1. The first-order valence-corrected chi connectivity index (χ1v) is 6.62. The van der Waals surface area contributed by atoms with Crippen molar-refractivity contribution < 1.29 is 24.1 Å². The molecule has 1 aromatic carbocycles. The average molecular weight is 279 g/mol. The van der Waals surface area contributed by atoms with E-state index in [1.165, 1.54) is 0 Å². The van der Waals surface area contributed by atoms with Crippen LogP contribution in [0.25, 0.3) is 0 Å². The van der Waals surface area contributed by atoms with Crippen LogP contribution in [-0.4, -0.2) is 37.9 Å². The van der Waals surface area contributed by atoms with Crippen LogP contribution in [-0.2, 0) is 4.79 Å². The monoisotopic (exact) mass is 279 g/mol. The molecule has 0 spiro atoms. The summed E-state index contributed by atoms with van der Waals surface area (Å²) in [7, 11) is 1.59. The van der Waals surface area contributed by atoms with Crippen LogP contribution in [0.15, 0.2) is 12.1 Å². The van der Waals surface area contributed by atoms with Crippen molar-refractivity contribution in [3.63, 3.8) is 0 Å². The average Bonchev–Trinajstić information content (AvgIpc) is 2.96. The quantitative estimate of drug-likeness (QED) is 0.866. The fourth-order valence-electron chi connectivity index (χ4n) is 2.69. The molecular formula is C14H17NO5. The van der Waals surface area contributed by atoms with Crippen LogP contribution in [0.5, 0.6) is 17.2 Å². The maximum absolute atomic E-state index is 11.1. The molecule has 2 aliphatic rings. The molecule has 0 aromatic heterocycles. The Morgan fingerprint density at radius 3 is 2.90 bits per heavy atom. The first kappa shape index (κ1) is 13.1. The lowest BCUT2D eigenvalue weighted by molar-refractivity contribution is -0.141. The lowest BCUT2D eigenvalue weighted by Crippen LogP contribution is -2.20. The number of hydrogen-bond donors (Lipinski definition) is 2. The third-order valence-electron chi connectivity index (χ3n) is 3.74. The minimum Gasteiger partial charge on any atom is -0.497 e. The summed E-state index contributed by atoms with van der Waals surface area (Å²) < 4.78 is 16.6. The normalized spacial score (nSPS) is 24.4. The third-order valence-corrected chi connectivity index (χ3v) is 3.74. The summed E-state index contributed by atoms with van der Waals surface area (Å²) in [5.74, 6) is 0.900. The highest BCUT2D eigenvalue weighted by atomic mass is 16.6. The molecule has 6 nitrogen and oxygen atoms in total. The number of benzene rings is 1. The van der Waals surface area contributed by atoms with Crippen molar-refractivity contribution in [2.24, 2.45) is 5.92 Å². The summed E-state index contributed by atoms with van der Waals surface area (Å²) in [6.07, 6.45) is 0.540. The number of hydrogen-bond acceptors (Lipinski definition) is 5. The van der Waals surface area contributed by atoms with Gasteiger partial charge in [0.05, 0.1) is 13.0 Å². The van der Waals surface area contributed by atoms with Crippen molar-refractivity contribution in [1.82, 2.24) is 5.32 Å². The number of carboxylic acids is 1. The Morgan fingerprint density at radius 1 is 1.40 bits per heavy atom. The molecule has 6 heteroatoms. The van der Waals surface area contributed by atoms with Crippen molar-refractivity contribution in [1.29, 1.82) is 0 Å². The highest BCUT2D eigenvalue weighted by molar-refractivity contribution is 5.71. The second-order valence-corrected chi connectivity index (χ2v) is 4.97. The molecule has 2 aliphatic heterocycles. The third kappa shape index (κ3) is 2.27. The van der Waals surface area contributed by atoms with E-state index in [-0.39, 0.29) is 12.0 Å². The summed E-state index contributed by atoms with van der Waals surface area (Å²) in [5.41, 5.74) is 0.905. The Hall–Kier alpha value is -1.95. The van der Waals surface area contributed by atoms with Gasteiger partial charge in [0.2, 0.25) is 0 Å². The van der Waals surface area contributed by atoms with Crippen LogP contribution >= 0.6 is 0 Å². The smallest absolute Gasteiger partial charge is 0.307 e. The molecule has 0 radical (unpaired) electrons. The second kappa shape index (κ2) is 5.20. The Morgan fingerprint density at radius 2 is 2.20 bits per heavy atom. The van der Waals surface area contributed by atoms with Crippen molar-refractivity contribution >= 4 is 5.97 Å². The molecule has 0 aliphatic carbocycles. The van der Waals surface area contributed by atoms with Gasteiger partial charge in [-0.05, 0) is 12.5 Å². The molecule has 20 heavy (non-hydrogen) atoms. The lowest BCUT2D eigenvalue weighted by Gasteiger charge is -2.24. The zero-order valence-corrected chi connectivity index (χ0v) is 11.2. The van der Waals surface area contributed by atoms with Crippen LogP contribution in [0.4, 0.5) is 0 Å². The number of nitrogens with one attached hydrogen (secondary N) is 1. The first-order chi connectivity index (χ1) is 9.69. The molecule has 1 aromatic rings. The fourth-order valence-corrected chi connectivity index (χ4v) is 2.69. The van der Waals surface area contributed by atoms with E-state index in [0.29, 0.717) is 43.4 Å². The van der Waals surface area contributed by atoms with E-state index in [1.807, 2.05) is 6.07 Å². The highest BCUT2D eigenvalue weighted by Gasteiger charge is 2.33. The van der Waals surface area contributed by atoms with Gasteiger partial charge in [-0.2, -0.15) is 0 Å². The zero-order chi connectivity index (χ0) is 14.1. The molecule has 2 unspecified atom stereocenters. The van der Waals surface area contributed by atoms with Gasteiger partial charge in [-0.3, -0.25) is 4.79 Å². The number of rotatable bonds is 3. The van der Waals surface area contributed by atoms with Gasteiger partial charge in [-0.25, -0.2) is 0 Å². The fraction of sp³-hybridized carbons (Fsp3) is 0.500. The van der Waals surface area contributed by atoms with Crippen LogP contribution in [0, 0.1) is 5.92 Å². The predicted octanol–water partition coefficient (Wildman–Crippen LogP) is 1.20. The summed E-state index contributed by atoms with van der Waals surface area (Å²) in [5, 5.41) is 12.3. The van der Waals surface area contributed by atoms with Crippen LogP contribution in [0.2, 0.25) is 0 Å². The topological polar surface area (TPSA) is 77.0 Å². The Bertz CT molecular complexity index is 531. The number of ether oxygens (including phenoxy) is 3. The van der Waals surface area contributed by atoms with E-state index in [0.717, 1.165) is 5.56 Å². The van der Waals surface area contributed by atoms with Crippen LogP contribution in [0.3, 0.4) is 0 Å². The van der Waals surface area contributed by atoms with E-state index in [2.05, 4.69) is 5.32 Å². The molecule has 1 fully saturated rings. The van der Waals surface area contributed by atoms with Crippen molar-refractivity contribution in [3.05, 3.63) is 17.7 Å². The van der Waals surface area contributed by atoms with Gasteiger partial charge < -0.3 is 24.6 Å². The molecule has 0 saturated carbocycles. The van der Waals surface area contributed by atoms with Crippen molar-refractivity contribution in [2.75, 3.05) is 26.9 Å². The number of methoxy groups -OCH3 is 1. The zero-order valence-electron chi connectivity index (χ0n) is 11.2. The maximum Gasteiger partial charge on any atom is 0.307 e. The summed E-state index contributed by atoms with van der Waals surface area (Å²) >= 11 is 0. The summed E-state index contributed by atoms with van der Waals surface area (Å²) in [6, 6.07) is 3.62. The molecule has 0 bridgehead atoms. The van der Waals surface area contributed by atoms with Gasteiger partial charge in [0.25, 0.3) is 0 Å². The number of carboxylic acid groups (broad SMARTS) is 1. The van der Waals surface area contributed by atoms with E-state index in [9.17, 15) is 4.79 Å². The van der Waals surface area contributed by atoms with E-state index < -0.39 is 5.97 Å². The highest BCUT2D eigenvalue weighted by Crippen LogP contribution is 2.43. The maximum atomic E-state index is 11.1. The summed E-state index contributed by atoms with van der Waals surface area (Å²) in [6.45, 7) is 1.48. The van der Waals surface area contributed by atoms with Crippen LogP contribution < -0.4 is 19.5 Å². The minimum atomic E-state index is -0.770. The van der Waals surface area contributed by atoms with Crippen molar-refractivity contribution in [2.45, 2.75) is 12.5 Å². The molecule has 2 heterocycles. The van der Waals surface area contributed by atoms with E-state index in [1.54, 1.807) is 13.2 Å². The van der Waals surface area contributed by atoms with Gasteiger partial charge in [0.15, 0.2) is 11.5 Å². The SMILES string of the molecule is COc1cc2c(c(C3CC(C(=O)O)CN3)c1)OCCO2. The van der Waals surface area contributed by atoms with Gasteiger partial charge in [0, 0.05) is 24.2 Å².